The lowest BCUT2D eigenvalue weighted by Gasteiger charge is -2.30. The van der Waals surface area contributed by atoms with Crippen LogP contribution in [0.3, 0.4) is 0 Å². The van der Waals surface area contributed by atoms with Crippen molar-refractivity contribution >= 4 is 11.8 Å². The fourth-order valence-corrected chi connectivity index (χ4v) is 7.06. The third-order valence-electron chi connectivity index (χ3n) is 9.72. The molecule has 1 unspecified atom stereocenters. The van der Waals surface area contributed by atoms with Gasteiger partial charge in [-0.25, -0.2) is 4.79 Å². The fraction of sp³-hybridized carbons (Fsp3) is 0.463. The number of carboxylic acid groups (broad SMARTS) is 1. The number of aliphatic carboxylic acids is 1. The maximum absolute atomic E-state index is 13.1. The Balaban J connectivity index is 0.000000277. The number of ketones is 1. The molecule has 3 aliphatic carbocycles. The van der Waals surface area contributed by atoms with Crippen LogP contribution in [0.4, 0.5) is 0 Å². The Morgan fingerprint density at radius 3 is 1.85 bits per heavy atom. The molecule has 0 radical (unpaired) electrons. The largest absolute Gasteiger partial charge is 0.489 e. The first-order valence-corrected chi connectivity index (χ1v) is 17.9. The first kappa shape index (κ1) is 34.4. The van der Waals surface area contributed by atoms with E-state index in [1.807, 2.05) is 72.8 Å². The lowest BCUT2D eigenvalue weighted by molar-refractivity contribution is -0.139. The Kier molecular flexibility index (Phi) is 13.5. The predicted octanol–water partition coefficient (Wildman–Crippen LogP) is 8.80. The normalized spacial score (nSPS) is 18.0. The van der Waals surface area contributed by atoms with Gasteiger partial charge in [-0.2, -0.15) is 0 Å². The number of hydrogen-bond donors (Lipinski definition) is 3. The summed E-state index contributed by atoms with van der Waals surface area (Å²) in [5, 5.41) is 16.9. The highest BCUT2D eigenvalue weighted by molar-refractivity contribution is 6.09. The van der Waals surface area contributed by atoms with Gasteiger partial charge in [0.2, 0.25) is 0 Å². The molecule has 3 aromatic carbocycles. The second-order valence-corrected chi connectivity index (χ2v) is 13.4. The Bertz CT molecular complexity index is 1390. The Morgan fingerprint density at radius 1 is 0.681 bits per heavy atom. The zero-order valence-electron chi connectivity index (χ0n) is 27.8. The van der Waals surface area contributed by atoms with Crippen LogP contribution in [0.25, 0.3) is 0 Å². The number of ether oxygens (including phenoxy) is 1. The molecule has 0 spiro atoms. The molecule has 2 saturated carbocycles. The summed E-state index contributed by atoms with van der Waals surface area (Å²) in [7, 11) is 0. The van der Waals surface area contributed by atoms with Gasteiger partial charge in [-0.3, -0.25) is 4.79 Å². The van der Waals surface area contributed by atoms with E-state index in [9.17, 15) is 14.7 Å². The molecule has 3 N–H and O–H groups in total. The van der Waals surface area contributed by atoms with Crippen molar-refractivity contribution in [2.45, 2.75) is 121 Å². The van der Waals surface area contributed by atoms with E-state index < -0.39 is 12.0 Å². The van der Waals surface area contributed by atoms with Gasteiger partial charge >= 0.3 is 5.97 Å². The molecule has 2 fully saturated rings. The molecule has 250 valence electrons. The van der Waals surface area contributed by atoms with Crippen LogP contribution in [0.1, 0.15) is 111 Å². The van der Waals surface area contributed by atoms with Gasteiger partial charge in [-0.15, -0.1) is 0 Å². The van der Waals surface area contributed by atoms with E-state index in [-0.39, 0.29) is 5.78 Å². The SMILES string of the molecule is C1CCC(NC2CCCCC2)CC1.O=C(C1=C(NC(Cc2ccc(OCc3ccccc3)cc2)C(=O)O)CCCC1)c1ccccc1. The van der Waals surface area contributed by atoms with Crippen LogP contribution in [0.2, 0.25) is 0 Å². The highest BCUT2D eigenvalue weighted by atomic mass is 16.5. The molecule has 6 nitrogen and oxygen atoms in total. The Labute approximate surface area is 281 Å². The van der Waals surface area contributed by atoms with Crippen LogP contribution in [-0.2, 0) is 17.8 Å². The third kappa shape index (κ3) is 11.1. The van der Waals surface area contributed by atoms with Gasteiger partial charge in [0.1, 0.15) is 18.4 Å². The average molecular weight is 637 g/mol. The molecule has 0 heterocycles. The van der Waals surface area contributed by atoms with Crippen molar-refractivity contribution in [3.63, 3.8) is 0 Å². The first-order chi connectivity index (χ1) is 23.0. The molecule has 6 rings (SSSR count). The highest BCUT2D eigenvalue weighted by Gasteiger charge is 2.25. The summed E-state index contributed by atoms with van der Waals surface area (Å²) in [5.41, 5.74) is 4.07. The van der Waals surface area contributed by atoms with Gasteiger partial charge in [0.05, 0.1) is 0 Å². The van der Waals surface area contributed by atoms with Gasteiger partial charge in [-0.05, 0) is 74.6 Å². The summed E-state index contributed by atoms with van der Waals surface area (Å²) < 4.78 is 5.83. The molecular formula is C41H52N2O4. The van der Waals surface area contributed by atoms with Crippen LogP contribution in [-0.4, -0.2) is 35.0 Å². The monoisotopic (exact) mass is 636 g/mol. The zero-order chi connectivity index (χ0) is 32.7. The van der Waals surface area contributed by atoms with Gasteiger partial charge in [0.25, 0.3) is 0 Å². The average Bonchev–Trinajstić information content (AvgIpc) is 3.13. The van der Waals surface area contributed by atoms with E-state index in [1.54, 1.807) is 12.1 Å². The maximum atomic E-state index is 13.1. The number of Topliss-reactive ketones (excluding diaryl/α,β-unsaturated/α-hetero) is 1. The van der Waals surface area contributed by atoms with Gasteiger partial charge < -0.3 is 20.5 Å². The molecule has 0 aliphatic heterocycles. The number of rotatable bonds is 12. The summed E-state index contributed by atoms with van der Waals surface area (Å²) in [6.07, 6.45) is 18.1. The number of carboxylic acids is 1. The molecule has 0 bridgehead atoms. The van der Waals surface area contributed by atoms with E-state index in [4.69, 9.17) is 4.74 Å². The van der Waals surface area contributed by atoms with Crippen molar-refractivity contribution in [2.24, 2.45) is 0 Å². The summed E-state index contributed by atoms with van der Waals surface area (Å²) in [6, 6.07) is 27.5. The van der Waals surface area contributed by atoms with Crippen molar-refractivity contribution in [2.75, 3.05) is 0 Å². The number of benzene rings is 3. The van der Waals surface area contributed by atoms with E-state index in [2.05, 4.69) is 10.6 Å². The molecule has 0 saturated heterocycles. The highest BCUT2D eigenvalue weighted by Crippen LogP contribution is 2.27. The van der Waals surface area contributed by atoms with Crippen LogP contribution in [0.15, 0.2) is 96.2 Å². The molecule has 0 amide bonds. The molecule has 3 aromatic rings. The van der Waals surface area contributed by atoms with Gasteiger partial charge in [-0.1, -0.05) is 111 Å². The topological polar surface area (TPSA) is 87.7 Å². The molecule has 3 aliphatic rings. The van der Waals surface area contributed by atoms with E-state index in [0.29, 0.717) is 37.0 Å². The Hall–Kier alpha value is -3.90. The Morgan fingerprint density at radius 2 is 1.26 bits per heavy atom. The number of carbonyl (C=O) groups is 2. The molecule has 47 heavy (non-hydrogen) atoms. The lowest BCUT2D eigenvalue weighted by Crippen LogP contribution is -2.40. The smallest absolute Gasteiger partial charge is 0.326 e. The molecule has 1 atom stereocenters. The van der Waals surface area contributed by atoms with Crippen molar-refractivity contribution in [3.8, 4) is 5.75 Å². The number of nitrogens with one attached hydrogen (secondary N) is 2. The number of carbonyl (C=O) groups excluding carboxylic acids is 1. The van der Waals surface area contributed by atoms with E-state index >= 15 is 0 Å². The van der Waals surface area contributed by atoms with Crippen molar-refractivity contribution < 1.29 is 19.4 Å². The van der Waals surface area contributed by atoms with Crippen molar-refractivity contribution in [3.05, 3.63) is 113 Å². The summed E-state index contributed by atoms with van der Waals surface area (Å²) in [4.78, 5) is 25.1. The summed E-state index contributed by atoms with van der Waals surface area (Å²) >= 11 is 0. The third-order valence-corrected chi connectivity index (χ3v) is 9.72. The molecule has 0 aromatic heterocycles. The van der Waals surface area contributed by atoms with Gasteiger partial charge in [0.15, 0.2) is 5.78 Å². The van der Waals surface area contributed by atoms with Crippen molar-refractivity contribution in [1.29, 1.82) is 0 Å². The molecular weight excluding hydrogens is 584 g/mol. The van der Waals surface area contributed by atoms with Crippen LogP contribution in [0.5, 0.6) is 5.75 Å². The summed E-state index contributed by atoms with van der Waals surface area (Å²) in [5.74, 6) is -0.223. The quantitative estimate of drug-likeness (QED) is 0.172. The lowest BCUT2D eigenvalue weighted by atomic mass is 9.90. The molecule has 6 heteroatoms. The standard InChI is InChI=1S/C29H29NO4.C12H23N/c31-28(23-11-5-2-6-12-23)25-13-7-8-14-26(25)30-27(29(32)33)19-21-15-17-24(18-16-21)34-20-22-9-3-1-4-10-22;1-3-7-11(8-4-1)13-12-9-5-2-6-10-12/h1-6,9-12,15-18,27,30H,7-8,13-14,19-20H2,(H,32,33);11-13H,1-10H2. The van der Waals surface area contributed by atoms with E-state index in [1.165, 1.54) is 64.2 Å². The summed E-state index contributed by atoms with van der Waals surface area (Å²) in [6.45, 7) is 0.478. The van der Waals surface area contributed by atoms with Crippen LogP contribution in [0, 0.1) is 0 Å². The van der Waals surface area contributed by atoms with Crippen molar-refractivity contribution in [1.82, 2.24) is 10.6 Å². The van der Waals surface area contributed by atoms with Crippen LogP contribution >= 0.6 is 0 Å². The predicted molar refractivity (Wildman–Crippen MR) is 189 cm³/mol. The number of hydrogen-bond acceptors (Lipinski definition) is 5. The fourth-order valence-electron chi connectivity index (χ4n) is 7.06. The first-order valence-electron chi connectivity index (χ1n) is 17.9. The van der Waals surface area contributed by atoms with Crippen LogP contribution < -0.4 is 15.4 Å². The maximum Gasteiger partial charge on any atom is 0.326 e. The second kappa shape index (κ2) is 18.4. The minimum absolute atomic E-state index is 0.0214. The van der Waals surface area contributed by atoms with E-state index in [0.717, 1.165) is 47.5 Å². The zero-order valence-corrected chi connectivity index (χ0v) is 27.8. The minimum Gasteiger partial charge on any atom is -0.489 e. The number of allylic oxidation sites excluding steroid dienone is 2. The van der Waals surface area contributed by atoms with Gasteiger partial charge in [0, 0.05) is 35.3 Å². The minimum atomic E-state index is -0.936. The second-order valence-electron chi connectivity index (χ2n) is 13.4.